The molecule has 25 heavy (non-hydrogen) atoms. The molecule has 7 heteroatoms. The van der Waals surface area contributed by atoms with E-state index in [1.54, 1.807) is 25.3 Å². The van der Waals surface area contributed by atoms with Crippen LogP contribution in [0.3, 0.4) is 0 Å². The number of carboxylic acid groups (broad SMARTS) is 1. The SMILES string of the molecule is COc1ccccc1[C@H]1S[C@H](CC(=O)O)C(=O)Nc2ccc(Cl)cc21. The van der Waals surface area contributed by atoms with Crippen molar-refractivity contribution in [2.24, 2.45) is 0 Å². The van der Waals surface area contributed by atoms with Crippen molar-refractivity contribution in [1.82, 2.24) is 0 Å². The summed E-state index contributed by atoms with van der Waals surface area (Å²) in [6.45, 7) is 0. The van der Waals surface area contributed by atoms with E-state index in [2.05, 4.69) is 5.32 Å². The lowest BCUT2D eigenvalue weighted by Crippen LogP contribution is -2.26. The van der Waals surface area contributed by atoms with Crippen LogP contribution in [0.25, 0.3) is 0 Å². The maximum Gasteiger partial charge on any atom is 0.305 e. The van der Waals surface area contributed by atoms with Gasteiger partial charge in [0.2, 0.25) is 5.91 Å². The first-order valence-corrected chi connectivity index (χ1v) is 8.92. The van der Waals surface area contributed by atoms with E-state index in [1.807, 2.05) is 24.3 Å². The Morgan fingerprint density at radius 2 is 2.04 bits per heavy atom. The highest BCUT2D eigenvalue weighted by atomic mass is 35.5. The summed E-state index contributed by atoms with van der Waals surface area (Å²) in [7, 11) is 1.58. The van der Waals surface area contributed by atoms with Crippen molar-refractivity contribution < 1.29 is 19.4 Å². The smallest absolute Gasteiger partial charge is 0.305 e. The van der Waals surface area contributed by atoms with Crippen LogP contribution in [0.1, 0.15) is 22.8 Å². The number of aliphatic carboxylic acids is 1. The van der Waals surface area contributed by atoms with E-state index in [0.29, 0.717) is 16.5 Å². The Morgan fingerprint density at radius 3 is 2.76 bits per heavy atom. The monoisotopic (exact) mass is 377 g/mol. The molecule has 0 saturated carbocycles. The van der Waals surface area contributed by atoms with Crippen molar-refractivity contribution in [3.05, 3.63) is 58.6 Å². The van der Waals surface area contributed by atoms with Crippen LogP contribution in [0.4, 0.5) is 5.69 Å². The second kappa shape index (κ2) is 7.37. The third kappa shape index (κ3) is 3.75. The van der Waals surface area contributed by atoms with Gasteiger partial charge in [-0.3, -0.25) is 9.59 Å². The number of carbonyl (C=O) groups excluding carboxylic acids is 1. The van der Waals surface area contributed by atoms with Crippen molar-refractivity contribution >= 4 is 40.9 Å². The van der Waals surface area contributed by atoms with E-state index in [1.165, 1.54) is 11.8 Å². The van der Waals surface area contributed by atoms with E-state index in [4.69, 9.17) is 21.4 Å². The van der Waals surface area contributed by atoms with Gasteiger partial charge in [0, 0.05) is 16.3 Å². The number of nitrogens with one attached hydrogen (secondary N) is 1. The highest BCUT2D eigenvalue weighted by molar-refractivity contribution is 8.01. The summed E-state index contributed by atoms with van der Waals surface area (Å²) < 4.78 is 5.46. The summed E-state index contributed by atoms with van der Waals surface area (Å²) >= 11 is 7.46. The molecular weight excluding hydrogens is 362 g/mol. The van der Waals surface area contributed by atoms with Gasteiger partial charge in [0.25, 0.3) is 0 Å². The van der Waals surface area contributed by atoms with E-state index in [0.717, 1.165) is 11.1 Å². The molecule has 0 saturated heterocycles. The Bertz CT molecular complexity index is 826. The number of ether oxygens (including phenoxy) is 1. The number of anilines is 1. The first kappa shape index (κ1) is 17.6. The second-order valence-electron chi connectivity index (χ2n) is 5.57. The van der Waals surface area contributed by atoms with E-state index < -0.39 is 11.2 Å². The third-order valence-electron chi connectivity index (χ3n) is 3.93. The number of para-hydroxylation sites is 1. The van der Waals surface area contributed by atoms with Gasteiger partial charge in [-0.2, -0.15) is 0 Å². The van der Waals surface area contributed by atoms with Crippen molar-refractivity contribution in [3.63, 3.8) is 0 Å². The molecule has 2 aromatic carbocycles. The number of fused-ring (bicyclic) bond motifs is 1. The fraction of sp³-hybridized carbons (Fsp3) is 0.222. The number of amides is 1. The minimum Gasteiger partial charge on any atom is -0.496 e. The lowest BCUT2D eigenvalue weighted by Gasteiger charge is -2.21. The highest BCUT2D eigenvalue weighted by Gasteiger charge is 2.34. The molecule has 5 nitrogen and oxygen atoms in total. The molecule has 0 aliphatic carbocycles. The normalized spacial score (nSPS) is 19.5. The quantitative estimate of drug-likeness (QED) is 0.843. The van der Waals surface area contributed by atoms with Gasteiger partial charge in [-0.25, -0.2) is 0 Å². The average Bonchev–Trinajstić information content (AvgIpc) is 2.71. The fourth-order valence-corrected chi connectivity index (χ4v) is 4.41. The van der Waals surface area contributed by atoms with Gasteiger partial charge in [0.05, 0.1) is 24.0 Å². The summed E-state index contributed by atoms with van der Waals surface area (Å²) in [5, 5.41) is 11.5. The first-order chi connectivity index (χ1) is 12.0. The molecule has 1 amide bonds. The number of halogens is 1. The molecule has 0 spiro atoms. The number of thioether (sulfide) groups is 1. The molecule has 2 aromatic rings. The molecule has 2 atom stereocenters. The molecule has 0 bridgehead atoms. The van der Waals surface area contributed by atoms with Crippen LogP contribution >= 0.6 is 23.4 Å². The molecule has 0 fully saturated rings. The van der Waals surface area contributed by atoms with Crippen molar-refractivity contribution in [2.75, 3.05) is 12.4 Å². The van der Waals surface area contributed by atoms with E-state index >= 15 is 0 Å². The van der Waals surface area contributed by atoms with Crippen LogP contribution in [-0.4, -0.2) is 29.3 Å². The highest BCUT2D eigenvalue weighted by Crippen LogP contribution is 2.47. The molecule has 0 radical (unpaired) electrons. The van der Waals surface area contributed by atoms with Crippen LogP contribution < -0.4 is 10.1 Å². The Balaban J connectivity index is 2.13. The van der Waals surface area contributed by atoms with Crippen molar-refractivity contribution in [2.45, 2.75) is 16.9 Å². The minimum atomic E-state index is -1.02. The van der Waals surface area contributed by atoms with Gasteiger partial charge < -0.3 is 15.2 Å². The average molecular weight is 378 g/mol. The Kier molecular flexibility index (Phi) is 5.20. The summed E-state index contributed by atoms with van der Waals surface area (Å²) in [4.78, 5) is 23.6. The van der Waals surface area contributed by atoms with E-state index in [9.17, 15) is 9.59 Å². The number of rotatable bonds is 4. The Morgan fingerprint density at radius 1 is 1.28 bits per heavy atom. The number of hydrogen-bond donors (Lipinski definition) is 2. The van der Waals surface area contributed by atoms with Gasteiger partial charge >= 0.3 is 5.97 Å². The van der Waals surface area contributed by atoms with Crippen molar-refractivity contribution in [1.29, 1.82) is 0 Å². The Hall–Kier alpha value is -2.18. The van der Waals surface area contributed by atoms with Crippen LogP contribution in [0.2, 0.25) is 5.02 Å². The first-order valence-electron chi connectivity index (χ1n) is 7.60. The van der Waals surface area contributed by atoms with Gasteiger partial charge in [-0.1, -0.05) is 29.8 Å². The number of carbonyl (C=O) groups is 2. The Labute approximate surface area is 154 Å². The maximum absolute atomic E-state index is 12.5. The minimum absolute atomic E-state index is 0.260. The molecular formula is C18H16ClNO4S. The summed E-state index contributed by atoms with van der Waals surface area (Å²) in [6, 6.07) is 12.7. The standard InChI is InChI=1S/C18H16ClNO4S/c1-24-14-5-3-2-4-11(14)17-12-8-10(19)6-7-13(12)20-18(23)15(25-17)9-16(21)22/h2-8,15,17H,9H2,1H3,(H,20,23)(H,21,22)/t15-,17-/m1/s1. The summed E-state index contributed by atoms with van der Waals surface area (Å²) in [5.41, 5.74) is 2.32. The maximum atomic E-state index is 12.5. The molecule has 0 aromatic heterocycles. The van der Waals surface area contributed by atoms with Gasteiger partial charge in [-0.05, 0) is 29.8 Å². The lowest BCUT2D eigenvalue weighted by molar-refractivity contribution is -0.138. The molecule has 0 unspecified atom stereocenters. The van der Waals surface area contributed by atoms with Crippen LogP contribution in [0.5, 0.6) is 5.75 Å². The van der Waals surface area contributed by atoms with Crippen molar-refractivity contribution in [3.8, 4) is 5.75 Å². The van der Waals surface area contributed by atoms with Crippen LogP contribution in [0.15, 0.2) is 42.5 Å². The molecule has 1 heterocycles. The fourth-order valence-electron chi connectivity index (χ4n) is 2.80. The number of benzene rings is 2. The molecule has 1 aliphatic rings. The number of methoxy groups -OCH3 is 1. The van der Waals surface area contributed by atoms with Gasteiger partial charge in [0.15, 0.2) is 0 Å². The molecule has 1 aliphatic heterocycles. The summed E-state index contributed by atoms with van der Waals surface area (Å²) in [5.74, 6) is -0.668. The lowest BCUT2D eigenvalue weighted by atomic mass is 10.0. The van der Waals surface area contributed by atoms with Crippen LogP contribution in [-0.2, 0) is 9.59 Å². The van der Waals surface area contributed by atoms with E-state index in [-0.39, 0.29) is 17.6 Å². The zero-order valence-corrected chi connectivity index (χ0v) is 14.9. The molecule has 2 N–H and O–H groups in total. The summed E-state index contributed by atoms with van der Waals surface area (Å²) in [6.07, 6.45) is -0.260. The zero-order chi connectivity index (χ0) is 18.0. The van der Waals surface area contributed by atoms with Crippen LogP contribution in [0, 0.1) is 0 Å². The predicted molar refractivity (Wildman–Crippen MR) is 98.6 cm³/mol. The third-order valence-corrected chi connectivity index (χ3v) is 5.65. The second-order valence-corrected chi connectivity index (χ2v) is 7.31. The van der Waals surface area contributed by atoms with Gasteiger partial charge in [0.1, 0.15) is 5.75 Å². The predicted octanol–water partition coefficient (Wildman–Crippen LogP) is 3.97. The van der Waals surface area contributed by atoms with Gasteiger partial charge in [-0.15, -0.1) is 11.8 Å². The molecule has 130 valence electrons. The number of carboxylic acids is 1. The largest absolute Gasteiger partial charge is 0.496 e. The molecule has 3 rings (SSSR count). The topological polar surface area (TPSA) is 75.6 Å². The number of hydrogen-bond acceptors (Lipinski definition) is 4. The zero-order valence-electron chi connectivity index (χ0n) is 13.4.